The Balaban J connectivity index is 0.943. The van der Waals surface area contributed by atoms with E-state index in [0.717, 1.165) is 96.1 Å². The van der Waals surface area contributed by atoms with Crippen LogP contribution < -0.4 is 4.90 Å². The number of hydrogen-bond donors (Lipinski definition) is 0. The number of carbonyl (C=O) groups excluding carboxylic acids is 1. The summed E-state index contributed by atoms with van der Waals surface area (Å²) in [4.78, 5) is 18.7. The molecule has 3 heteroatoms. The van der Waals surface area contributed by atoms with E-state index >= 15 is 0 Å². The summed E-state index contributed by atoms with van der Waals surface area (Å²) in [7, 11) is 0. The smallest absolute Gasteiger partial charge is 0.163 e. The van der Waals surface area contributed by atoms with Crippen LogP contribution in [0.3, 0.4) is 0 Å². The second-order valence-corrected chi connectivity index (χ2v) is 12.9. The fraction of sp³-hybridized carbons (Fsp3) is 0.375. The molecule has 1 aliphatic heterocycles. The molecule has 3 nitrogen and oxygen atoms in total. The molecule has 0 spiro atoms. The van der Waals surface area contributed by atoms with Crippen molar-refractivity contribution in [1.29, 1.82) is 0 Å². The fourth-order valence-corrected chi connectivity index (χ4v) is 7.22. The molecule has 1 saturated heterocycles. The van der Waals surface area contributed by atoms with E-state index in [4.69, 9.17) is 0 Å². The zero-order chi connectivity index (χ0) is 29.0. The molecule has 1 heterocycles. The Labute approximate surface area is 257 Å². The van der Waals surface area contributed by atoms with Crippen LogP contribution in [0.15, 0.2) is 84.9 Å². The summed E-state index contributed by atoms with van der Waals surface area (Å²) < 4.78 is 0. The van der Waals surface area contributed by atoms with Crippen molar-refractivity contribution in [1.82, 2.24) is 4.90 Å². The molecule has 0 radical (unpaired) electrons. The van der Waals surface area contributed by atoms with Gasteiger partial charge in [0.2, 0.25) is 0 Å². The maximum Gasteiger partial charge on any atom is 0.163 e. The Morgan fingerprint density at radius 1 is 0.512 bits per heavy atom. The molecule has 8 aliphatic carbocycles. The molecule has 0 saturated carbocycles. The predicted octanol–water partition coefficient (Wildman–Crippen LogP) is 7.24. The summed E-state index contributed by atoms with van der Waals surface area (Å²) in [6.45, 7) is 5.26. The van der Waals surface area contributed by atoms with Crippen molar-refractivity contribution in [2.75, 3.05) is 37.6 Å². The second-order valence-electron chi connectivity index (χ2n) is 12.9. The van der Waals surface area contributed by atoms with E-state index in [1.165, 1.54) is 50.2 Å². The normalized spacial score (nSPS) is 16.9. The molecule has 0 amide bonds. The van der Waals surface area contributed by atoms with Crippen molar-refractivity contribution in [3.63, 3.8) is 0 Å². The van der Waals surface area contributed by atoms with Crippen molar-refractivity contribution in [3.05, 3.63) is 135 Å². The summed E-state index contributed by atoms with van der Waals surface area (Å²) in [5.74, 6) is 0.325. The highest BCUT2D eigenvalue weighted by Crippen LogP contribution is 2.28. The first kappa shape index (κ1) is 28.1. The SMILES string of the molecule is O=C(CCCN1CCN(c2cc3ccc2CCc2ccc(cc2)CC3)CC1)c1cc2ccc1CCc1ccc(cc1)CC2. The van der Waals surface area contributed by atoms with Crippen LogP contribution in [0.4, 0.5) is 5.69 Å². The van der Waals surface area contributed by atoms with E-state index in [0.29, 0.717) is 12.2 Å². The molecule has 0 unspecified atom stereocenters. The molecule has 4 aromatic carbocycles. The molecule has 0 N–H and O–H groups in total. The molecule has 9 aliphatic rings. The van der Waals surface area contributed by atoms with Gasteiger partial charge in [-0.05, 0) is 121 Å². The minimum Gasteiger partial charge on any atom is -0.369 e. The molecule has 8 bridgehead atoms. The van der Waals surface area contributed by atoms with Gasteiger partial charge in [-0.25, -0.2) is 0 Å². The van der Waals surface area contributed by atoms with E-state index in [2.05, 4.69) is 94.7 Å². The third kappa shape index (κ3) is 6.78. The average molecular weight is 569 g/mol. The summed E-state index contributed by atoms with van der Waals surface area (Å²) in [6, 6.07) is 32.2. The molecule has 0 atom stereocenters. The molecule has 220 valence electrons. The number of rotatable bonds is 6. The number of ketones is 1. The van der Waals surface area contributed by atoms with Gasteiger partial charge in [0.05, 0.1) is 0 Å². The van der Waals surface area contributed by atoms with Gasteiger partial charge < -0.3 is 4.90 Å². The van der Waals surface area contributed by atoms with Crippen LogP contribution in [0.5, 0.6) is 0 Å². The maximum absolute atomic E-state index is 13.5. The summed E-state index contributed by atoms with van der Waals surface area (Å²) in [5, 5.41) is 0. The van der Waals surface area contributed by atoms with Gasteiger partial charge in [0.15, 0.2) is 5.78 Å². The van der Waals surface area contributed by atoms with Crippen molar-refractivity contribution < 1.29 is 4.79 Å². The van der Waals surface area contributed by atoms with Crippen molar-refractivity contribution in [2.45, 2.75) is 64.2 Å². The first-order valence-corrected chi connectivity index (χ1v) is 16.6. The lowest BCUT2D eigenvalue weighted by atomic mass is 9.91. The molecular weight excluding hydrogens is 524 g/mol. The van der Waals surface area contributed by atoms with Gasteiger partial charge in [-0.3, -0.25) is 9.69 Å². The van der Waals surface area contributed by atoms with Gasteiger partial charge in [-0.2, -0.15) is 0 Å². The van der Waals surface area contributed by atoms with E-state index in [9.17, 15) is 4.79 Å². The Kier molecular flexibility index (Phi) is 8.43. The Morgan fingerprint density at radius 3 is 1.58 bits per heavy atom. The highest BCUT2D eigenvalue weighted by molar-refractivity contribution is 5.97. The highest BCUT2D eigenvalue weighted by Gasteiger charge is 2.21. The molecule has 13 rings (SSSR count). The van der Waals surface area contributed by atoms with Crippen LogP contribution in [-0.2, 0) is 51.4 Å². The van der Waals surface area contributed by atoms with E-state index < -0.39 is 0 Å². The van der Waals surface area contributed by atoms with Crippen LogP contribution in [0.1, 0.15) is 67.7 Å². The topological polar surface area (TPSA) is 23.6 Å². The number of aryl methyl sites for hydroxylation is 8. The molecule has 1 fully saturated rings. The monoisotopic (exact) mass is 568 g/mol. The minimum atomic E-state index is 0.325. The maximum atomic E-state index is 13.5. The van der Waals surface area contributed by atoms with Crippen molar-refractivity contribution in [3.8, 4) is 0 Å². The number of hydrogen-bond acceptors (Lipinski definition) is 3. The Bertz CT molecular complexity index is 1560. The molecule has 43 heavy (non-hydrogen) atoms. The van der Waals surface area contributed by atoms with E-state index in [1.54, 1.807) is 0 Å². The number of anilines is 1. The van der Waals surface area contributed by atoms with Crippen LogP contribution in [0.2, 0.25) is 0 Å². The first-order valence-electron chi connectivity index (χ1n) is 16.6. The minimum absolute atomic E-state index is 0.325. The predicted molar refractivity (Wildman–Crippen MR) is 178 cm³/mol. The van der Waals surface area contributed by atoms with Gasteiger partial charge in [-0.1, -0.05) is 72.8 Å². The van der Waals surface area contributed by atoms with Crippen LogP contribution in [0.25, 0.3) is 0 Å². The molecule has 4 aromatic rings. The number of carbonyl (C=O) groups is 1. The van der Waals surface area contributed by atoms with E-state index in [1.807, 2.05) is 0 Å². The number of benzene rings is 4. The van der Waals surface area contributed by atoms with Gasteiger partial charge in [-0.15, -0.1) is 0 Å². The number of piperazine rings is 1. The quantitative estimate of drug-likeness (QED) is 0.229. The summed E-state index contributed by atoms with van der Waals surface area (Å²) >= 11 is 0. The lowest BCUT2D eigenvalue weighted by molar-refractivity contribution is 0.0973. The largest absolute Gasteiger partial charge is 0.369 e. The van der Waals surface area contributed by atoms with Gasteiger partial charge in [0.1, 0.15) is 0 Å². The van der Waals surface area contributed by atoms with Crippen LogP contribution in [-0.4, -0.2) is 43.4 Å². The third-order valence-electron chi connectivity index (χ3n) is 10.0. The van der Waals surface area contributed by atoms with Gasteiger partial charge >= 0.3 is 0 Å². The van der Waals surface area contributed by atoms with Crippen LogP contribution >= 0.6 is 0 Å². The van der Waals surface area contributed by atoms with Gasteiger partial charge in [0, 0.05) is 43.9 Å². The third-order valence-corrected chi connectivity index (χ3v) is 10.0. The summed E-state index contributed by atoms with van der Waals surface area (Å²) in [6.07, 6.45) is 9.88. The first-order chi connectivity index (χ1) is 21.2. The van der Waals surface area contributed by atoms with E-state index in [-0.39, 0.29) is 0 Å². The average Bonchev–Trinajstić information content (AvgIpc) is 3.04. The highest BCUT2D eigenvalue weighted by atomic mass is 16.1. The number of nitrogens with zero attached hydrogens (tertiary/aromatic N) is 2. The van der Waals surface area contributed by atoms with Crippen LogP contribution in [0, 0.1) is 0 Å². The Morgan fingerprint density at radius 2 is 0.977 bits per heavy atom. The zero-order valence-electron chi connectivity index (χ0n) is 25.5. The molecular formula is C40H44N2O. The fourth-order valence-electron chi connectivity index (χ4n) is 7.22. The second kappa shape index (κ2) is 12.9. The summed E-state index contributed by atoms with van der Waals surface area (Å²) in [5.41, 5.74) is 13.5. The lowest BCUT2D eigenvalue weighted by Gasteiger charge is -2.37. The van der Waals surface area contributed by atoms with Crippen molar-refractivity contribution >= 4 is 11.5 Å². The Hall–Kier alpha value is -3.69. The zero-order valence-corrected chi connectivity index (χ0v) is 25.5. The number of Topliss-reactive ketones (excluding diaryl/α,β-unsaturated/α-hetero) is 1. The standard InChI is InChI=1S/C40H44N2O/c43-40(38-28-34-13-11-30-3-7-32(8-4-30)15-19-36(38)20-17-34)2-1-23-41-24-26-42(27-25-41)39-29-35-14-12-31-5-9-33(10-6-31)16-21-37(39)22-18-35/h3-10,17-18,20,22,28-29H,1-2,11-16,19,21,23-27H2. The molecule has 0 aromatic heterocycles. The van der Waals surface area contributed by atoms with Crippen molar-refractivity contribution in [2.24, 2.45) is 0 Å². The lowest BCUT2D eigenvalue weighted by Crippen LogP contribution is -2.47. The van der Waals surface area contributed by atoms with Gasteiger partial charge in [0.25, 0.3) is 0 Å².